The average Bonchev–Trinajstić information content (AvgIpc) is 2.66. The number of likely N-dealkylation sites (N-methyl/N-ethyl adjacent to an activating group) is 1. The first-order chi connectivity index (χ1) is 9.04. The number of aryl methyl sites for hydroxylation is 1. The highest BCUT2D eigenvalue weighted by atomic mass is 79.9. The van der Waals surface area contributed by atoms with Gasteiger partial charge in [0.1, 0.15) is 17.3 Å². The third kappa shape index (κ3) is 2.84. The fraction of sp³-hybridized carbons (Fsp3) is 0.308. The molecule has 1 N–H and O–H groups in total. The molecule has 0 aliphatic rings. The molecule has 0 aliphatic carbocycles. The molecular formula is C13H14BrF2N3. The van der Waals surface area contributed by atoms with Gasteiger partial charge in [0.05, 0.1) is 10.2 Å². The van der Waals surface area contributed by atoms with Crippen LogP contribution in [0.2, 0.25) is 0 Å². The Labute approximate surface area is 118 Å². The highest BCUT2D eigenvalue weighted by Crippen LogP contribution is 2.32. The molecule has 0 saturated heterocycles. The molecule has 2 aromatic rings. The van der Waals surface area contributed by atoms with Gasteiger partial charge in [-0.25, -0.2) is 8.78 Å². The van der Waals surface area contributed by atoms with E-state index in [9.17, 15) is 8.78 Å². The Bertz CT molecular complexity index is 596. The molecule has 6 heteroatoms. The summed E-state index contributed by atoms with van der Waals surface area (Å²) in [5, 5.41) is 7.31. The summed E-state index contributed by atoms with van der Waals surface area (Å²) < 4.78 is 29.4. The van der Waals surface area contributed by atoms with Crippen molar-refractivity contribution in [3.8, 4) is 11.3 Å². The monoisotopic (exact) mass is 329 g/mol. The number of benzene rings is 1. The normalized spacial score (nSPS) is 11.0. The van der Waals surface area contributed by atoms with Gasteiger partial charge in [0.25, 0.3) is 0 Å². The Morgan fingerprint density at radius 3 is 2.79 bits per heavy atom. The summed E-state index contributed by atoms with van der Waals surface area (Å²) in [5.74, 6) is -0.967. The summed E-state index contributed by atoms with van der Waals surface area (Å²) >= 11 is 3.43. The van der Waals surface area contributed by atoms with E-state index in [4.69, 9.17) is 0 Å². The van der Waals surface area contributed by atoms with Crippen LogP contribution < -0.4 is 5.32 Å². The minimum Gasteiger partial charge on any atom is -0.319 e. The largest absolute Gasteiger partial charge is 0.319 e. The van der Waals surface area contributed by atoms with Gasteiger partial charge in [0.15, 0.2) is 0 Å². The Morgan fingerprint density at radius 1 is 1.37 bits per heavy atom. The van der Waals surface area contributed by atoms with Crippen LogP contribution in [0.15, 0.2) is 22.7 Å². The second-order valence-electron chi connectivity index (χ2n) is 4.21. The SMILES string of the molecule is CNCCc1c(Br)c(-c2cc(F)ccc2F)nn1C. The van der Waals surface area contributed by atoms with Gasteiger partial charge in [-0.15, -0.1) is 0 Å². The molecule has 0 unspecified atom stereocenters. The molecule has 0 radical (unpaired) electrons. The number of rotatable bonds is 4. The first-order valence-corrected chi connectivity index (χ1v) is 6.65. The minimum absolute atomic E-state index is 0.165. The Hall–Kier alpha value is -1.27. The Morgan fingerprint density at radius 2 is 2.11 bits per heavy atom. The lowest BCUT2D eigenvalue weighted by molar-refractivity contribution is 0.602. The lowest BCUT2D eigenvalue weighted by Crippen LogP contribution is -2.12. The smallest absolute Gasteiger partial charge is 0.132 e. The fourth-order valence-corrected chi connectivity index (χ4v) is 2.65. The van der Waals surface area contributed by atoms with E-state index >= 15 is 0 Å². The van der Waals surface area contributed by atoms with Gasteiger partial charge < -0.3 is 5.32 Å². The maximum atomic E-state index is 13.8. The van der Waals surface area contributed by atoms with Crippen molar-refractivity contribution in [2.45, 2.75) is 6.42 Å². The maximum Gasteiger partial charge on any atom is 0.132 e. The minimum atomic E-state index is -0.486. The van der Waals surface area contributed by atoms with Gasteiger partial charge in [-0.05, 0) is 41.2 Å². The second-order valence-corrected chi connectivity index (χ2v) is 5.00. The Kier molecular flexibility index (Phi) is 4.31. The van der Waals surface area contributed by atoms with Crippen LogP contribution in [0.3, 0.4) is 0 Å². The molecule has 1 aromatic carbocycles. The lowest BCUT2D eigenvalue weighted by atomic mass is 10.1. The van der Waals surface area contributed by atoms with E-state index in [0.29, 0.717) is 10.2 Å². The number of hydrogen-bond acceptors (Lipinski definition) is 2. The highest BCUT2D eigenvalue weighted by Gasteiger charge is 2.18. The molecule has 0 atom stereocenters. The number of aromatic nitrogens is 2. The molecule has 0 aliphatic heterocycles. The molecule has 3 nitrogen and oxygen atoms in total. The number of halogens is 3. The molecule has 19 heavy (non-hydrogen) atoms. The topological polar surface area (TPSA) is 29.9 Å². The average molecular weight is 330 g/mol. The summed E-state index contributed by atoms with van der Waals surface area (Å²) in [6.45, 7) is 0.781. The van der Waals surface area contributed by atoms with Crippen LogP contribution in [0, 0.1) is 11.6 Å². The van der Waals surface area contributed by atoms with Crippen molar-refractivity contribution in [1.29, 1.82) is 0 Å². The van der Waals surface area contributed by atoms with Crippen LogP contribution in [0.4, 0.5) is 8.78 Å². The number of nitrogens with one attached hydrogen (secondary N) is 1. The summed E-state index contributed by atoms with van der Waals surface area (Å²) in [6, 6.07) is 3.36. The van der Waals surface area contributed by atoms with Crippen molar-refractivity contribution in [2.75, 3.05) is 13.6 Å². The fourth-order valence-electron chi connectivity index (χ4n) is 1.90. The standard InChI is InChI=1S/C13H14BrF2N3/c1-17-6-5-11-12(14)13(18-19(11)2)9-7-8(15)3-4-10(9)16/h3-4,7,17H,5-6H2,1-2H3. The van der Waals surface area contributed by atoms with Crippen LogP contribution in [-0.4, -0.2) is 23.4 Å². The van der Waals surface area contributed by atoms with Gasteiger partial charge in [0.2, 0.25) is 0 Å². The zero-order valence-corrected chi connectivity index (χ0v) is 12.3. The molecule has 1 heterocycles. The first-order valence-electron chi connectivity index (χ1n) is 5.86. The van der Waals surface area contributed by atoms with Crippen LogP contribution >= 0.6 is 15.9 Å². The predicted octanol–water partition coefficient (Wildman–Crippen LogP) is 2.89. The van der Waals surface area contributed by atoms with Crippen molar-refractivity contribution in [2.24, 2.45) is 7.05 Å². The van der Waals surface area contributed by atoms with E-state index in [1.54, 1.807) is 11.7 Å². The molecule has 1 aromatic heterocycles. The van der Waals surface area contributed by atoms with Crippen molar-refractivity contribution < 1.29 is 8.78 Å². The van der Waals surface area contributed by atoms with E-state index in [2.05, 4.69) is 26.3 Å². The van der Waals surface area contributed by atoms with Crippen LogP contribution in [-0.2, 0) is 13.5 Å². The van der Waals surface area contributed by atoms with Crippen LogP contribution in [0.1, 0.15) is 5.69 Å². The second kappa shape index (κ2) is 5.79. The summed E-state index contributed by atoms with van der Waals surface area (Å²) in [7, 11) is 3.65. The van der Waals surface area contributed by atoms with Gasteiger partial charge in [-0.1, -0.05) is 0 Å². The Balaban J connectivity index is 2.48. The van der Waals surface area contributed by atoms with Crippen molar-refractivity contribution >= 4 is 15.9 Å². The molecule has 2 rings (SSSR count). The van der Waals surface area contributed by atoms with Crippen LogP contribution in [0.5, 0.6) is 0 Å². The van der Waals surface area contributed by atoms with Gasteiger partial charge in [-0.3, -0.25) is 4.68 Å². The maximum absolute atomic E-state index is 13.8. The molecule has 0 saturated carbocycles. The van der Waals surface area contributed by atoms with E-state index in [1.165, 1.54) is 0 Å². The molecule has 0 spiro atoms. The van der Waals surface area contributed by atoms with E-state index in [-0.39, 0.29) is 5.56 Å². The third-order valence-electron chi connectivity index (χ3n) is 2.90. The number of nitrogens with zero attached hydrogens (tertiary/aromatic N) is 2. The zero-order chi connectivity index (χ0) is 14.0. The van der Waals surface area contributed by atoms with Gasteiger partial charge in [0, 0.05) is 25.6 Å². The highest BCUT2D eigenvalue weighted by molar-refractivity contribution is 9.10. The third-order valence-corrected chi connectivity index (χ3v) is 3.73. The summed E-state index contributed by atoms with van der Waals surface area (Å²) in [4.78, 5) is 0. The molecule has 0 fully saturated rings. The quantitative estimate of drug-likeness (QED) is 0.934. The van der Waals surface area contributed by atoms with Crippen LogP contribution in [0.25, 0.3) is 11.3 Å². The van der Waals surface area contributed by atoms with E-state index in [1.807, 2.05) is 7.05 Å². The predicted molar refractivity (Wildman–Crippen MR) is 73.9 cm³/mol. The lowest BCUT2D eigenvalue weighted by Gasteiger charge is -2.02. The van der Waals surface area contributed by atoms with Gasteiger partial charge >= 0.3 is 0 Å². The summed E-state index contributed by atoms with van der Waals surface area (Å²) in [6.07, 6.45) is 0.748. The van der Waals surface area contributed by atoms with E-state index < -0.39 is 11.6 Å². The number of hydrogen-bond donors (Lipinski definition) is 1. The molecular weight excluding hydrogens is 316 g/mol. The molecule has 0 bridgehead atoms. The zero-order valence-electron chi connectivity index (χ0n) is 10.7. The molecule has 0 amide bonds. The van der Waals surface area contributed by atoms with Gasteiger partial charge in [-0.2, -0.15) is 5.10 Å². The van der Waals surface area contributed by atoms with E-state index in [0.717, 1.165) is 36.9 Å². The van der Waals surface area contributed by atoms with Crippen molar-refractivity contribution in [1.82, 2.24) is 15.1 Å². The summed E-state index contributed by atoms with van der Waals surface area (Å²) in [5.41, 5.74) is 1.52. The van der Waals surface area contributed by atoms with Crippen molar-refractivity contribution in [3.05, 3.63) is 40.0 Å². The van der Waals surface area contributed by atoms with Crippen molar-refractivity contribution in [3.63, 3.8) is 0 Å². The first kappa shape index (κ1) is 14.1. The molecule has 102 valence electrons.